The third kappa shape index (κ3) is 4.88. The van der Waals surface area contributed by atoms with Gasteiger partial charge in [-0.15, -0.1) is 0 Å². The standard InChI is InChI=1S/C20H25F2N3O4S/c1-13-16(18(26)24-7-11-28-12-8-24)17(23-20(30)25(13)9-10-27-2)14-5-3-4-6-15(14)29-19(21)22/h3-6,17,19H,7-12H2,1-2H3,(H,23,30)/t17-/m0/s1. The summed E-state index contributed by atoms with van der Waals surface area (Å²) in [5, 5.41) is 3.53. The number of methoxy groups -OCH3 is 1. The van der Waals surface area contributed by atoms with Crippen molar-refractivity contribution in [3.63, 3.8) is 0 Å². The van der Waals surface area contributed by atoms with Gasteiger partial charge in [0.1, 0.15) is 5.75 Å². The molecule has 30 heavy (non-hydrogen) atoms. The third-order valence-electron chi connectivity index (χ3n) is 5.09. The molecule has 0 aromatic heterocycles. The summed E-state index contributed by atoms with van der Waals surface area (Å²) in [6.07, 6.45) is 0. The van der Waals surface area contributed by atoms with Crippen molar-refractivity contribution in [1.29, 1.82) is 0 Å². The number of amides is 1. The molecule has 0 aliphatic carbocycles. The predicted octanol–water partition coefficient (Wildman–Crippen LogP) is 2.30. The average molecular weight is 442 g/mol. The van der Waals surface area contributed by atoms with E-state index in [1.807, 2.05) is 0 Å². The maximum Gasteiger partial charge on any atom is 0.387 e. The van der Waals surface area contributed by atoms with Crippen molar-refractivity contribution in [1.82, 2.24) is 15.1 Å². The lowest BCUT2D eigenvalue weighted by atomic mass is 9.93. The first-order valence-corrected chi connectivity index (χ1v) is 10.0. The van der Waals surface area contributed by atoms with Crippen molar-refractivity contribution in [3.05, 3.63) is 41.1 Å². The minimum atomic E-state index is -2.98. The van der Waals surface area contributed by atoms with Crippen LogP contribution in [0.15, 0.2) is 35.5 Å². The van der Waals surface area contributed by atoms with Crippen LogP contribution in [0.4, 0.5) is 8.78 Å². The van der Waals surface area contributed by atoms with Gasteiger partial charge >= 0.3 is 6.61 Å². The Bertz CT molecular complexity index is 815. The summed E-state index contributed by atoms with van der Waals surface area (Å²) in [4.78, 5) is 17.0. The van der Waals surface area contributed by atoms with Crippen LogP contribution in [0.1, 0.15) is 18.5 Å². The Morgan fingerprint density at radius 3 is 2.70 bits per heavy atom. The van der Waals surface area contributed by atoms with Crippen molar-refractivity contribution in [2.75, 3.05) is 46.6 Å². The number of ether oxygens (including phenoxy) is 3. The van der Waals surface area contributed by atoms with Crippen LogP contribution in [-0.4, -0.2) is 74.0 Å². The predicted molar refractivity (Wildman–Crippen MR) is 110 cm³/mol. The zero-order valence-corrected chi connectivity index (χ0v) is 17.7. The van der Waals surface area contributed by atoms with Gasteiger partial charge in [0.2, 0.25) is 0 Å². The Labute approximate surface area is 179 Å². The molecule has 0 spiro atoms. The number of allylic oxidation sites excluding steroid dienone is 1. The molecule has 2 aliphatic heterocycles. The van der Waals surface area contributed by atoms with E-state index in [2.05, 4.69) is 5.32 Å². The Hall–Kier alpha value is -2.30. The minimum absolute atomic E-state index is 0.00165. The van der Waals surface area contributed by atoms with Gasteiger partial charge in [0.15, 0.2) is 5.11 Å². The van der Waals surface area contributed by atoms with Crippen molar-refractivity contribution >= 4 is 23.2 Å². The molecule has 2 aliphatic rings. The molecule has 1 aromatic carbocycles. The number of para-hydroxylation sites is 1. The van der Waals surface area contributed by atoms with Gasteiger partial charge in [-0.1, -0.05) is 18.2 Å². The maximum absolute atomic E-state index is 13.5. The zero-order chi connectivity index (χ0) is 21.7. The summed E-state index contributed by atoms with van der Waals surface area (Å²) >= 11 is 5.51. The molecule has 0 saturated carbocycles. The third-order valence-corrected chi connectivity index (χ3v) is 5.43. The molecule has 1 aromatic rings. The number of rotatable bonds is 7. The highest BCUT2D eigenvalue weighted by Gasteiger charge is 2.37. The van der Waals surface area contributed by atoms with E-state index >= 15 is 0 Å². The van der Waals surface area contributed by atoms with Crippen LogP contribution in [0.25, 0.3) is 0 Å². The van der Waals surface area contributed by atoms with Crippen LogP contribution < -0.4 is 10.1 Å². The molecule has 1 N–H and O–H groups in total. The Morgan fingerprint density at radius 1 is 1.33 bits per heavy atom. The van der Waals surface area contributed by atoms with Gasteiger partial charge in [0, 0.05) is 38.0 Å². The van der Waals surface area contributed by atoms with Gasteiger partial charge in [0.25, 0.3) is 5.91 Å². The number of hydrogen-bond donors (Lipinski definition) is 1. The number of hydrogen-bond acceptors (Lipinski definition) is 5. The second kappa shape index (κ2) is 10.1. The summed E-state index contributed by atoms with van der Waals surface area (Å²) < 4.78 is 41.2. The molecule has 3 rings (SSSR count). The van der Waals surface area contributed by atoms with Gasteiger partial charge < -0.3 is 29.3 Å². The minimum Gasteiger partial charge on any atom is -0.434 e. The van der Waals surface area contributed by atoms with E-state index in [4.69, 9.17) is 26.4 Å². The number of carbonyl (C=O) groups excluding carboxylic acids is 1. The zero-order valence-electron chi connectivity index (χ0n) is 16.9. The summed E-state index contributed by atoms with van der Waals surface area (Å²) in [5.41, 5.74) is 1.51. The van der Waals surface area contributed by atoms with E-state index in [1.54, 1.807) is 42.0 Å². The van der Waals surface area contributed by atoms with E-state index in [0.29, 0.717) is 61.4 Å². The molecule has 0 unspecified atom stereocenters. The van der Waals surface area contributed by atoms with Crippen LogP contribution in [-0.2, 0) is 14.3 Å². The number of morpholine rings is 1. The Balaban J connectivity index is 2.05. The molecule has 1 fully saturated rings. The number of alkyl halides is 2. The number of nitrogens with zero attached hydrogens (tertiary/aromatic N) is 2. The van der Waals surface area contributed by atoms with Crippen LogP contribution in [0, 0.1) is 0 Å². The molecule has 0 bridgehead atoms. The second-order valence-electron chi connectivity index (χ2n) is 6.85. The number of halogens is 2. The van der Waals surface area contributed by atoms with Gasteiger partial charge in [0.05, 0.1) is 31.4 Å². The average Bonchev–Trinajstić information content (AvgIpc) is 2.73. The first-order valence-electron chi connectivity index (χ1n) is 9.62. The largest absolute Gasteiger partial charge is 0.434 e. The normalized spacial score (nSPS) is 19.9. The molecule has 2 heterocycles. The summed E-state index contributed by atoms with van der Waals surface area (Å²) in [6.45, 7) is 1.51. The summed E-state index contributed by atoms with van der Waals surface area (Å²) in [5.74, 6) is -0.191. The monoisotopic (exact) mass is 441 g/mol. The van der Waals surface area contributed by atoms with Crippen LogP contribution in [0.5, 0.6) is 5.75 Å². The van der Waals surface area contributed by atoms with Gasteiger partial charge in [-0.05, 0) is 25.2 Å². The van der Waals surface area contributed by atoms with Crippen LogP contribution >= 0.6 is 12.2 Å². The van der Waals surface area contributed by atoms with Crippen molar-refractivity contribution in [3.8, 4) is 5.75 Å². The lowest BCUT2D eigenvalue weighted by Crippen LogP contribution is -2.51. The van der Waals surface area contributed by atoms with Crippen LogP contribution in [0.3, 0.4) is 0 Å². The Morgan fingerprint density at radius 2 is 2.03 bits per heavy atom. The highest BCUT2D eigenvalue weighted by atomic mass is 32.1. The molecule has 7 nitrogen and oxygen atoms in total. The van der Waals surface area contributed by atoms with Gasteiger partial charge in [-0.3, -0.25) is 4.79 Å². The lowest BCUT2D eigenvalue weighted by molar-refractivity contribution is -0.131. The summed E-state index contributed by atoms with van der Waals surface area (Å²) in [7, 11) is 1.58. The van der Waals surface area contributed by atoms with Gasteiger partial charge in [-0.2, -0.15) is 8.78 Å². The fraction of sp³-hybridized carbons (Fsp3) is 0.500. The van der Waals surface area contributed by atoms with E-state index in [9.17, 15) is 13.6 Å². The molecule has 1 amide bonds. The van der Waals surface area contributed by atoms with E-state index in [1.165, 1.54) is 6.07 Å². The summed E-state index contributed by atoms with van der Waals surface area (Å²) in [6, 6.07) is 5.70. The molecule has 164 valence electrons. The number of carbonyl (C=O) groups is 1. The smallest absolute Gasteiger partial charge is 0.387 e. The van der Waals surface area contributed by atoms with Crippen LogP contribution in [0.2, 0.25) is 0 Å². The maximum atomic E-state index is 13.5. The van der Waals surface area contributed by atoms with E-state index in [-0.39, 0.29) is 11.7 Å². The molecule has 10 heteroatoms. The quantitative estimate of drug-likeness (QED) is 0.652. The molecular weight excluding hydrogens is 416 g/mol. The SMILES string of the molecule is COCCN1C(=S)N[C@@H](c2ccccc2OC(F)F)C(C(=O)N2CCOCC2)=C1C. The number of benzene rings is 1. The van der Waals surface area contributed by atoms with Crippen molar-refractivity contribution in [2.45, 2.75) is 19.6 Å². The lowest BCUT2D eigenvalue weighted by Gasteiger charge is -2.40. The topological polar surface area (TPSA) is 63.3 Å². The number of nitrogens with one attached hydrogen (secondary N) is 1. The molecular formula is C20H25F2N3O4S. The molecule has 0 radical (unpaired) electrons. The number of thiocarbonyl (C=S) groups is 1. The van der Waals surface area contributed by atoms with E-state index < -0.39 is 12.7 Å². The van der Waals surface area contributed by atoms with Gasteiger partial charge in [-0.25, -0.2) is 0 Å². The highest BCUT2D eigenvalue weighted by molar-refractivity contribution is 7.80. The fourth-order valence-electron chi connectivity index (χ4n) is 3.60. The first kappa shape index (κ1) is 22.4. The second-order valence-corrected chi connectivity index (χ2v) is 7.23. The molecule has 1 atom stereocenters. The van der Waals surface area contributed by atoms with Crippen molar-refractivity contribution in [2.24, 2.45) is 0 Å². The first-order chi connectivity index (χ1) is 14.4. The van der Waals surface area contributed by atoms with Crippen molar-refractivity contribution < 1.29 is 27.8 Å². The Kier molecular flexibility index (Phi) is 7.57. The highest BCUT2D eigenvalue weighted by Crippen LogP contribution is 2.36. The molecule has 1 saturated heterocycles. The van der Waals surface area contributed by atoms with E-state index in [0.717, 1.165) is 0 Å². The fourth-order valence-corrected chi connectivity index (χ4v) is 3.95.